The summed E-state index contributed by atoms with van der Waals surface area (Å²) in [5.41, 5.74) is 12.0. The molecule has 0 N–H and O–H groups in total. The summed E-state index contributed by atoms with van der Waals surface area (Å²) in [6.45, 7) is 22.1. The first-order valence-corrected chi connectivity index (χ1v) is 14.6. The van der Waals surface area contributed by atoms with E-state index in [9.17, 15) is 0 Å². The molecule has 0 heterocycles. The fourth-order valence-corrected chi connectivity index (χ4v) is 4.21. The largest absolute Gasteiger partial charge is 1.00 e. The molecule has 0 aliphatic heterocycles. The molecule has 3 aromatic carbocycles. The van der Waals surface area contributed by atoms with Crippen molar-refractivity contribution in [3.05, 3.63) is 112 Å². The van der Waals surface area contributed by atoms with E-state index in [-0.39, 0.29) is 24.8 Å². The molecular formula is C36H46Cl2Zr-2. The van der Waals surface area contributed by atoms with E-state index in [1.54, 1.807) is 29.8 Å². The Balaban J connectivity index is 0.000000514. The zero-order valence-electron chi connectivity index (χ0n) is 25.6. The third-order valence-corrected chi connectivity index (χ3v) is 6.40. The molecule has 0 spiro atoms. The summed E-state index contributed by atoms with van der Waals surface area (Å²) in [5, 5.41) is 0. The van der Waals surface area contributed by atoms with Crippen LogP contribution in [0.3, 0.4) is 0 Å². The van der Waals surface area contributed by atoms with Crippen molar-refractivity contribution in [2.24, 2.45) is 5.41 Å². The summed E-state index contributed by atoms with van der Waals surface area (Å²) in [7, 11) is 0. The molecule has 3 heteroatoms. The standard InChI is InChI=1S/C13H9.C10H16.C10H15.C3H6.2ClH.Zr/c1-3-7-12-10(5-1)9-11-6-2-4-8-13(11)12;2*1-8-5-6-9(7-8)10(2,3)4;1-3-2;;;/h1-5,7-8H,9H2;5,7H,6H2,1-4H3;5-7H,1-4H3;1-2H3;2*1H;/q-1;;-1;;;;+2/p-2. The number of rotatable bonds is 0. The van der Waals surface area contributed by atoms with Crippen LogP contribution in [0, 0.1) is 18.4 Å². The minimum absolute atomic E-state index is 0. The zero-order valence-corrected chi connectivity index (χ0v) is 29.6. The second-order valence-electron chi connectivity index (χ2n) is 12.4. The summed E-state index contributed by atoms with van der Waals surface area (Å²) >= 11 is 1.55. The molecule has 2 aliphatic carbocycles. The quantitative estimate of drug-likeness (QED) is 0.254. The number of benzene rings is 2. The Kier molecular flexibility index (Phi) is 16.2. The Morgan fingerprint density at radius 1 is 0.872 bits per heavy atom. The van der Waals surface area contributed by atoms with Crippen LogP contribution >= 0.6 is 0 Å². The first kappa shape index (κ1) is 37.6. The second kappa shape index (κ2) is 16.8. The Morgan fingerprint density at radius 2 is 1.46 bits per heavy atom. The molecule has 0 atom stereocenters. The Morgan fingerprint density at radius 3 is 1.90 bits per heavy atom. The molecule has 0 fully saturated rings. The molecule has 0 radical (unpaired) electrons. The van der Waals surface area contributed by atoms with E-state index in [0.717, 1.165) is 12.8 Å². The normalized spacial score (nSPS) is 12.7. The van der Waals surface area contributed by atoms with Crippen LogP contribution in [0.1, 0.15) is 91.0 Å². The summed E-state index contributed by atoms with van der Waals surface area (Å²) in [6.07, 6.45) is 6.81. The maximum Gasteiger partial charge on any atom is -0.0253 e. The van der Waals surface area contributed by atoms with Gasteiger partial charge in [-0.15, -0.1) is 5.56 Å². The SMILES string of the molecule is CC1=CCC(C(C)(C)C)=C1.C[C](C)=[Zr+2].Cc1cc(C(C)(C)C)c[cH-]1.[Cl-].[Cl-].[c-]1cccc2c1Cc1ccccc1-2. The molecule has 2 aliphatic rings. The molecule has 0 nitrogen and oxygen atoms in total. The van der Waals surface area contributed by atoms with Crippen LogP contribution < -0.4 is 24.8 Å². The van der Waals surface area contributed by atoms with Crippen molar-refractivity contribution >= 4 is 3.21 Å². The van der Waals surface area contributed by atoms with Gasteiger partial charge in [0, 0.05) is 0 Å². The van der Waals surface area contributed by atoms with Crippen molar-refractivity contribution in [2.45, 2.75) is 87.5 Å². The first-order valence-electron chi connectivity index (χ1n) is 13.4. The topological polar surface area (TPSA) is 0 Å². The third kappa shape index (κ3) is 12.8. The van der Waals surface area contributed by atoms with Crippen LogP contribution in [0.25, 0.3) is 11.1 Å². The van der Waals surface area contributed by atoms with Crippen molar-refractivity contribution in [2.75, 3.05) is 0 Å². The van der Waals surface area contributed by atoms with E-state index in [2.05, 4.69) is 142 Å². The summed E-state index contributed by atoms with van der Waals surface area (Å²) in [4.78, 5) is 0. The van der Waals surface area contributed by atoms with E-state index in [1.807, 2.05) is 6.07 Å². The molecule has 0 bridgehead atoms. The molecule has 0 saturated heterocycles. The van der Waals surface area contributed by atoms with Crippen LogP contribution in [0.4, 0.5) is 0 Å². The molecule has 0 aromatic heterocycles. The summed E-state index contributed by atoms with van der Waals surface area (Å²) < 4.78 is 1.51. The average Bonchev–Trinajstić information content (AvgIpc) is 3.51. The molecular weight excluding hydrogens is 595 g/mol. The Bertz CT molecular complexity index is 1200. The maximum atomic E-state index is 3.30. The van der Waals surface area contributed by atoms with E-state index in [4.69, 9.17) is 0 Å². The van der Waals surface area contributed by atoms with Crippen LogP contribution in [0.5, 0.6) is 0 Å². The van der Waals surface area contributed by atoms with Gasteiger partial charge in [0.15, 0.2) is 0 Å². The monoisotopic (exact) mass is 638 g/mol. The molecule has 39 heavy (non-hydrogen) atoms. The number of hydrogen-bond acceptors (Lipinski definition) is 0. The van der Waals surface area contributed by atoms with Gasteiger partial charge in [-0.25, -0.2) is 6.07 Å². The molecule has 210 valence electrons. The van der Waals surface area contributed by atoms with Crippen molar-refractivity contribution < 1.29 is 49.0 Å². The molecule has 3 aromatic rings. The number of fused-ring (bicyclic) bond motifs is 3. The van der Waals surface area contributed by atoms with Gasteiger partial charge >= 0.3 is 41.3 Å². The minimum Gasteiger partial charge on any atom is -1.00 e. The average molecular weight is 641 g/mol. The Labute approximate surface area is 266 Å². The van der Waals surface area contributed by atoms with Crippen molar-refractivity contribution in [1.82, 2.24) is 0 Å². The molecule has 0 saturated carbocycles. The fraction of sp³-hybridized carbons (Fsp3) is 0.389. The predicted molar refractivity (Wildman–Crippen MR) is 161 cm³/mol. The van der Waals surface area contributed by atoms with Gasteiger partial charge in [0.2, 0.25) is 0 Å². The van der Waals surface area contributed by atoms with Crippen LogP contribution in [0.2, 0.25) is 0 Å². The Hall–Kier alpha value is -1.40. The summed E-state index contributed by atoms with van der Waals surface area (Å²) in [5.74, 6) is 0. The number of allylic oxidation sites excluding steroid dienone is 4. The molecule has 0 amide bonds. The van der Waals surface area contributed by atoms with Crippen molar-refractivity contribution in [3.63, 3.8) is 0 Å². The van der Waals surface area contributed by atoms with Gasteiger partial charge in [-0.05, 0) is 25.2 Å². The van der Waals surface area contributed by atoms with Gasteiger partial charge in [0.05, 0.1) is 0 Å². The van der Waals surface area contributed by atoms with Gasteiger partial charge in [0.25, 0.3) is 0 Å². The third-order valence-electron chi connectivity index (χ3n) is 6.40. The molecule has 5 rings (SSSR count). The van der Waals surface area contributed by atoms with Gasteiger partial charge in [-0.2, -0.15) is 53.1 Å². The zero-order chi connectivity index (χ0) is 27.8. The number of halogens is 2. The predicted octanol–water partition coefficient (Wildman–Crippen LogP) is 4.13. The van der Waals surface area contributed by atoms with Gasteiger partial charge in [-0.3, -0.25) is 0 Å². The van der Waals surface area contributed by atoms with E-state index >= 15 is 0 Å². The summed E-state index contributed by atoms with van der Waals surface area (Å²) in [6, 6.07) is 24.7. The van der Waals surface area contributed by atoms with Crippen LogP contribution in [0.15, 0.2) is 84.0 Å². The van der Waals surface area contributed by atoms with Gasteiger partial charge in [0.1, 0.15) is 0 Å². The smallest absolute Gasteiger partial charge is 0.0253 e. The maximum absolute atomic E-state index is 3.30. The number of hydrogen-bond donors (Lipinski definition) is 0. The van der Waals surface area contributed by atoms with Crippen LogP contribution in [-0.4, -0.2) is 3.21 Å². The van der Waals surface area contributed by atoms with E-state index < -0.39 is 0 Å². The number of aryl methyl sites for hydroxylation is 1. The first-order chi connectivity index (χ1) is 17.2. The molecule has 0 unspecified atom stereocenters. The van der Waals surface area contributed by atoms with Gasteiger partial charge in [-0.1, -0.05) is 113 Å². The minimum atomic E-state index is 0. The van der Waals surface area contributed by atoms with Crippen LogP contribution in [-0.2, 0) is 36.1 Å². The van der Waals surface area contributed by atoms with Crippen molar-refractivity contribution in [1.29, 1.82) is 0 Å². The van der Waals surface area contributed by atoms with E-state index in [1.165, 1.54) is 42.2 Å². The van der Waals surface area contributed by atoms with Gasteiger partial charge < -0.3 is 24.8 Å². The second-order valence-corrected chi connectivity index (χ2v) is 14.9. The fourth-order valence-electron chi connectivity index (χ4n) is 4.21. The van der Waals surface area contributed by atoms with Crippen molar-refractivity contribution in [3.8, 4) is 11.1 Å². The van der Waals surface area contributed by atoms with E-state index in [0.29, 0.717) is 10.8 Å².